The van der Waals surface area contributed by atoms with Crippen LogP contribution in [0.25, 0.3) is 0 Å². The lowest BCUT2D eigenvalue weighted by Crippen LogP contribution is -2.54. The van der Waals surface area contributed by atoms with E-state index in [0.29, 0.717) is 18.8 Å². The molecule has 1 aliphatic carbocycles. The van der Waals surface area contributed by atoms with Crippen LogP contribution in [-0.2, 0) is 4.74 Å². The summed E-state index contributed by atoms with van der Waals surface area (Å²) in [5.41, 5.74) is -1.06. The molecule has 4 nitrogen and oxygen atoms in total. The van der Waals surface area contributed by atoms with Crippen molar-refractivity contribution in [3.8, 4) is 0 Å². The summed E-state index contributed by atoms with van der Waals surface area (Å²) in [5, 5.41) is 12.3. The van der Waals surface area contributed by atoms with Gasteiger partial charge in [0.1, 0.15) is 5.60 Å². The lowest BCUT2D eigenvalue weighted by atomic mass is 9.77. The fraction of sp³-hybridized carbons (Fsp3) is 0.923. The third-order valence-corrected chi connectivity index (χ3v) is 2.96. The van der Waals surface area contributed by atoms with Crippen LogP contribution in [0, 0.1) is 5.92 Å². The van der Waals surface area contributed by atoms with Gasteiger partial charge in [0.05, 0.1) is 5.60 Å². The van der Waals surface area contributed by atoms with Gasteiger partial charge in [0.2, 0.25) is 0 Å². The Hall–Kier alpha value is -0.770. The highest BCUT2D eigenvalue weighted by Crippen LogP contribution is 2.31. The molecule has 1 aliphatic rings. The van der Waals surface area contributed by atoms with Crippen LogP contribution in [0.5, 0.6) is 0 Å². The van der Waals surface area contributed by atoms with Crippen LogP contribution in [0.1, 0.15) is 53.9 Å². The SMILES string of the molecule is CC(C)CC(C)(C)OC(=O)N[C@H]1C[C@@](C)(O)C1. The van der Waals surface area contributed by atoms with Gasteiger partial charge in [0.25, 0.3) is 0 Å². The van der Waals surface area contributed by atoms with Crippen molar-refractivity contribution in [2.45, 2.75) is 71.1 Å². The van der Waals surface area contributed by atoms with Gasteiger partial charge in [0, 0.05) is 6.04 Å². The zero-order valence-corrected chi connectivity index (χ0v) is 11.5. The summed E-state index contributed by atoms with van der Waals surface area (Å²) in [6, 6.07) is 0.0485. The number of rotatable bonds is 4. The molecule has 100 valence electrons. The zero-order valence-electron chi connectivity index (χ0n) is 11.5. The summed E-state index contributed by atoms with van der Waals surface area (Å²) in [4.78, 5) is 11.6. The molecule has 0 aromatic rings. The number of aliphatic hydroxyl groups is 1. The maximum atomic E-state index is 11.6. The fourth-order valence-corrected chi connectivity index (χ4v) is 2.58. The summed E-state index contributed by atoms with van der Waals surface area (Å²) in [6.45, 7) is 9.82. The van der Waals surface area contributed by atoms with Gasteiger partial charge in [0.15, 0.2) is 0 Å². The van der Waals surface area contributed by atoms with Crippen LogP contribution in [-0.4, -0.2) is 28.4 Å². The lowest BCUT2D eigenvalue weighted by Gasteiger charge is -2.41. The molecule has 0 spiro atoms. The minimum absolute atomic E-state index is 0.0485. The number of alkyl carbamates (subject to hydrolysis) is 1. The molecule has 0 unspecified atom stereocenters. The molecule has 2 N–H and O–H groups in total. The molecule has 0 bridgehead atoms. The first-order valence-corrected chi connectivity index (χ1v) is 6.31. The molecule has 1 amide bonds. The Morgan fingerprint density at radius 2 is 2.06 bits per heavy atom. The van der Waals surface area contributed by atoms with E-state index < -0.39 is 11.2 Å². The van der Waals surface area contributed by atoms with Gasteiger partial charge in [-0.15, -0.1) is 0 Å². The van der Waals surface area contributed by atoms with Crippen molar-refractivity contribution in [2.75, 3.05) is 0 Å². The van der Waals surface area contributed by atoms with Crippen molar-refractivity contribution >= 4 is 6.09 Å². The molecular weight excluding hydrogens is 218 g/mol. The molecule has 0 saturated heterocycles. The van der Waals surface area contributed by atoms with E-state index in [-0.39, 0.29) is 12.1 Å². The molecule has 0 atom stereocenters. The monoisotopic (exact) mass is 243 g/mol. The van der Waals surface area contributed by atoms with Crippen molar-refractivity contribution < 1.29 is 14.6 Å². The van der Waals surface area contributed by atoms with Crippen molar-refractivity contribution in [1.82, 2.24) is 5.32 Å². The molecule has 4 heteroatoms. The number of nitrogens with one attached hydrogen (secondary N) is 1. The Morgan fingerprint density at radius 1 is 1.53 bits per heavy atom. The minimum atomic E-state index is -0.620. The third-order valence-electron chi connectivity index (χ3n) is 2.96. The van der Waals surface area contributed by atoms with E-state index in [1.807, 2.05) is 13.8 Å². The normalized spacial score (nSPS) is 28.8. The number of hydrogen-bond acceptors (Lipinski definition) is 3. The summed E-state index contributed by atoms with van der Waals surface area (Å²) >= 11 is 0. The van der Waals surface area contributed by atoms with Gasteiger partial charge in [-0.2, -0.15) is 0 Å². The predicted molar refractivity (Wildman–Crippen MR) is 66.8 cm³/mol. The molecule has 0 aromatic heterocycles. The van der Waals surface area contributed by atoms with Gasteiger partial charge in [-0.25, -0.2) is 4.79 Å². The second kappa shape index (κ2) is 4.84. The second-order valence-corrected chi connectivity index (χ2v) is 6.49. The first-order valence-electron chi connectivity index (χ1n) is 6.31. The van der Waals surface area contributed by atoms with E-state index in [1.54, 1.807) is 6.92 Å². The van der Waals surface area contributed by atoms with Crippen molar-refractivity contribution in [1.29, 1.82) is 0 Å². The van der Waals surface area contributed by atoms with E-state index in [1.165, 1.54) is 0 Å². The van der Waals surface area contributed by atoms with Gasteiger partial charge in [-0.05, 0) is 46.0 Å². The van der Waals surface area contributed by atoms with E-state index in [9.17, 15) is 9.90 Å². The van der Waals surface area contributed by atoms with Crippen LogP contribution in [0.15, 0.2) is 0 Å². The van der Waals surface area contributed by atoms with Crippen molar-refractivity contribution in [2.24, 2.45) is 5.92 Å². The topological polar surface area (TPSA) is 58.6 Å². The van der Waals surface area contributed by atoms with Gasteiger partial charge < -0.3 is 15.2 Å². The maximum Gasteiger partial charge on any atom is 0.407 e. The smallest absolute Gasteiger partial charge is 0.407 e. The minimum Gasteiger partial charge on any atom is -0.444 e. The highest BCUT2D eigenvalue weighted by molar-refractivity contribution is 5.68. The molecule has 0 heterocycles. The summed E-state index contributed by atoms with van der Waals surface area (Å²) in [6.07, 6.45) is 1.67. The molecule has 1 fully saturated rings. The third kappa shape index (κ3) is 4.94. The van der Waals surface area contributed by atoms with E-state index >= 15 is 0 Å². The number of carbonyl (C=O) groups excluding carboxylic acids is 1. The fourth-order valence-electron chi connectivity index (χ4n) is 2.58. The summed E-state index contributed by atoms with van der Waals surface area (Å²) in [5.74, 6) is 0.488. The highest BCUT2D eigenvalue weighted by atomic mass is 16.6. The average molecular weight is 243 g/mol. The van der Waals surface area contributed by atoms with E-state index in [0.717, 1.165) is 6.42 Å². The number of carbonyl (C=O) groups is 1. The predicted octanol–water partition coefficient (Wildman–Crippen LogP) is 2.45. The lowest BCUT2D eigenvalue weighted by molar-refractivity contribution is -0.0428. The van der Waals surface area contributed by atoms with Crippen molar-refractivity contribution in [3.63, 3.8) is 0 Å². The molecule has 0 radical (unpaired) electrons. The largest absolute Gasteiger partial charge is 0.444 e. The van der Waals surface area contributed by atoms with Crippen LogP contribution in [0.3, 0.4) is 0 Å². The molecule has 1 saturated carbocycles. The number of hydrogen-bond donors (Lipinski definition) is 2. The maximum absolute atomic E-state index is 11.6. The molecular formula is C13H25NO3. The zero-order chi connectivity index (χ0) is 13.3. The van der Waals surface area contributed by atoms with Crippen molar-refractivity contribution in [3.05, 3.63) is 0 Å². The van der Waals surface area contributed by atoms with E-state index in [4.69, 9.17) is 4.74 Å². The Bertz CT molecular complexity index is 276. The Labute approximate surface area is 104 Å². The number of amides is 1. The van der Waals surface area contributed by atoms with Crippen LogP contribution in [0.2, 0.25) is 0 Å². The van der Waals surface area contributed by atoms with Gasteiger partial charge >= 0.3 is 6.09 Å². The van der Waals surface area contributed by atoms with E-state index in [2.05, 4.69) is 19.2 Å². The Morgan fingerprint density at radius 3 is 2.47 bits per heavy atom. The van der Waals surface area contributed by atoms with Crippen LogP contribution < -0.4 is 5.32 Å². The molecule has 0 aromatic carbocycles. The number of ether oxygens (including phenoxy) is 1. The van der Waals surface area contributed by atoms with Crippen LogP contribution in [0.4, 0.5) is 4.79 Å². The first kappa shape index (κ1) is 14.3. The summed E-state index contributed by atoms with van der Waals surface area (Å²) in [7, 11) is 0. The molecule has 1 rings (SSSR count). The summed E-state index contributed by atoms with van der Waals surface area (Å²) < 4.78 is 5.39. The quantitative estimate of drug-likeness (QED) is 0.797. The van der Waals surface area contributed by atoms with Gasteiger partial charge in [-0.1, -0.05) is 13.8 Å². The Kier molecular flexibility index (Phi) is 4.07. The standard InChI is InChI=1S/C13H25NO3/c1-9(2)6-12(3,4)17-11(15)14-10-7-13(5,16)8-10/h9-10,16H,6-8H2,1-5H3,(H,14,15)/t10-,13+. The van der Waals surface area contributed by atoms with Crippen LogP contribution >= 0.6 is 0 Å². The Balaban J connectivity index is 2.30. The second-order valence-electron chi connectivity index (χ2n) is 6.49. The molecule has 0 aliphatic heterocycles. The average Bonchev–Trinajstić information content (AvgIpc) is 1.94. The van der Waals surface area contributed by atoms with Gasteiger partial charge in [-0.3, -0.25) is 0 Å². The molecule has 17 heavy (non-hydrogen) atoms. The highest BCUT2D eigenvalue weighted by Gasteiger charge is 2.39. The first-order chi connectivity index (χ1) is 7.60.